The fraction of sp³-hybridized carbons (Fsp3) is 0.250. The minimum Gasteiger partial charge on any atom is -0.325 e. The molecule has 0 radical (unpaired) electrons. The molecule has 0 saturated carbocycles. The lowest BCUT2D eigenvalue weighted by Crippen LogP contribution is -2.08. The SMILES string of the molecule is NCc1cc(F)c(C=O)c(C(F)F)n1. The Labute approximate surface area is 77.7 Å². The van der Waals surface area contributed by atoms with E-state index >= 15 is 0 Å². The van der Waals surface area contributed by atoms with Gasteiger partial charge in [-0.25, -0.2) is 18.2 Å². The highest BCUT2D eigenvalue weighted by Gasteiger charge is 2.19. The van der Waals surface area contributed by atoms with E-state index < -0.39 is 23.5 Å². The van der Waals surface area contributed by atoms with Crippen molar-refractivity contribution >= 4 is 6.29 Å². The first kappa shape index (κ1) is 10.6. The average Bonchev–Trinajstić information content (AvgIpc) is 2.16. The summed E-state index contributed by atoms with van der Waals surface area (Å²) < 4.78 is 37.6. The lowest BCUT2D eigenvalue weighted by atomic mass is 10.2. The summed E-state index contributed by atoms with van der Waals surface area (Å²) in [6.45, 7) is -0.157. The van der Waals surface area contributed by atoms with E-state index in [1.807, 2.05) is 0 Å². The number of hydrogen-bond donors (Lipinski definition) is 1. The minimum atomic E-state index is -2.99. The van der Waals surface area contributed by atoms with Gasteiger partial charge < -0.3 is 5.73 Å². The van der Waals surface area contributed by atoms with E-state index in [-0.39, 0.29) is 18.5 Å². The Bertz CT molecular complexity index is 355. The van der Waals surface area contributed by atoms with Gasteiger partial charge in [-0.3, -0.25) is 4.79 Å². The number of pyridine rings is 1. The van der Waals surface area contributed by atoms with Crippen LogP contribution < -0.4 is 5.73 Å². The van der Waals surface area contributed by atoms with Crippen molar-refractivity contribution in [2.45, 2.75) is 13.0 Å². The Morgan fingerprint density at radius 3 is 2.64 bits per heavy atom. The Morgan fingerprint density at radius 1 is 1.57 bits per heavy atom. The molecule has 1 aromatic rings. The highest BCUT2D eigenvalue weighted by Crippen LogP contribution is 2.22. The Morgan fingerprint density at radius 2 is 2.21 bits per heavy atom. The van der Waals surface area contributed by atoms with Crippen LogP contribution in [0.25, 0.3) is 0 Å². The molecule has 6 heteroatoms. The summed E-state index contributed by atoms with van der Waals surface area (Å²) >= 11 is 0. The second-order valence-electron chi connectivity index (χ2n) is 2.52. The van der Waals surface area contributed by atoms with Gasteiger partial charge in [0, 0.05) is 6.54 Å². The highest BCUT2D eigenvalue weighted by atomic mass is 19.3. The average molecular weight is 204 g/mol. The fourth-order valence-electron chi connectivity index (χ4n) is 0.981. The van der Waals surface area contributed by atoms with Crippen LogP contribution in [-0.4, -0.2) is 11.3 Å². The van der Waals surface area contributed by atoms with Crippen LogP contribution in [0.3, 0.4) is 0 Å². The topological polar surface area (TPSA) is 56.0 Å². The summed E-state index contributed by atoms with van der Waals surface area (Å²) in [6, 6.07) is 0.871. The van der Waals surface area contributed by atoms with Crippen molar-refractivity contribution in [2.24, 2.45) is 5.73 Å². The van der Waals surface area contributed by atoms with Gasteiger partial charge in [0.25, 0.3) is 6.43 Å². The third-order valence-electron chi connectivity index (χ3n) is 1.62. The zero-order chi connectivity index (χ0) is 10.7. The number of carbonyl (C=O) groups is 1. The molecule has 0 bridgehead atoms. The molecule has 0 amide bonds. The van der Waals surface area contributed by atoms with Crippen molar-refractivity contribution < 1.29 is 18.0 Å². The lowest BCUT2D eigenvalue weighted by Gasteiger charge is -2.05. The van der Waals surface area contributed by atoms with Gasteiger partial charge in [-0.05, 0) is 6.07 Å². The smallest absolute Gasteiger partial charge is 0.281 e. The predicted molar refractivity (Wildman–Crippen MR) is 42.4 cm³/mol. The molecule has 3 nitrogen and oxygen atoms in total. The molecule has 1 rings (SSSR count). The van der Waals surface area contributed by atoms with E-state index in [4.69, 9.17) is 5.73 Å². The fourth-order valence-corrected chi connectivity index (χ4v) is 0.981. The van der Waals surface area contributed by atoms with E-state index in [1.54, 1.807) is 0 Å². The van der Waals surface area contributed by atoms with Crippen LogP contribution in [0, 0.1) is 5.82 Å². The third-order valence-corrected chi connectivity index (χ3v) is 1.62. The van der Waals surface area contributed by atoms with Crippen molar-refractivity contribution in [1.82, 2.24) is 4.98 Å². The molecule has 1 aromatic heterocycles. The van der Waals surface area contributed by atoms with Crippen LogP contribution in [0.15, 0.2) is 6.07 Å². The number of halogens is 3. The van der Waals surface area contributed by atoms with Gasteiger partial charge in [0.1, 0.15) is 11.5 Å². The number of nitrogens with zero attached hydrogens (tertiary/aromatic N) is 1. The first-order valence-electron chi connectivity index (χ1n) is 3.72. The quantitative estimate of drug-likeness (QED) is 0.757. The second kappa shape index (κ2) is 4.19. The maximum atomic E-state index is 13.0. The minimum absolute atomic E-state index is 0.0107. The third kappa shape index (κ3) is 1.90. The van der Waals surface area contributed by atoms with Gasteiger partial charge in [0.2, 0.25) is 0 Å². The van der Waals surface area contributed by atoms with E-state index in [2.05, 4.69) is 4.98 Å². The monoisotopic (exact) mass is 204 g/mol. The number of aromatic nitrogens is 1. The standard InChI is InChI=1S/C8H7F3N2O/c9-6-1-4(2-12)13-7(8(10)11)5(6)3-14/h1,3,8H,2,12H2. The number of alkyl halides is 2. The first-order valence-corrected chi connectivity index (χ1v) is 3.72. The summed E-state index contributed by atoms with van der Waals surface area (Å²) in [5.41, 5.74) is 3.53. The molecule has 0 atom stereocenters. The van der Waals surface area contributed by atoms with Crippen LogP contribution in [0.5, 0.6) is 0 Å². The second-order valence-corrected chi connectivity index (χ2v) is 2.52. The predicted octanol–water partition coefficient (Wildman–Crippen LogP) is 1.43. The number of rotatable bonds is 3. The van der Waals surface area contributed by atoms with Crippen LogP contribution in [-0.2, 0) is 6.54 Å². The van der Waals surface area contributed by atoms with Gasteiger partial charge >= 0.3 is 0 Å². The van der Waals surface area contributed by atoms with E-state index in [0.717, 1.165) is 6.07 Å². The highest BCUT2D eigenvalue weighted by molar-refractivity contribution is 5.77. The van der Waals surface area contributed by atoms with Crippen LogP contribution in [0.1, 0.15) is 28.2 Å². The molecule has 1 heterocycles. The number of hydrogen-bond acceptors (Lipinski definition) is 3. The summed E-state index contributed by atoms with van der Waals surface area (Å²) in [5, 5.41) is 0. The summed E-state index contributed by atoms with van der Waals surface area (Å²) in [6.07, 6.45) is -2.97. The summed E-state index contributed by atoms with van der Waals surface area (Å²) in [4.78, 5) is 13.7. The molecule has 0 unspecified atom stereocenters. The molecule has 0 aliphatic carbocycles. The van der Waals surface area contributed by atoms with Crippen molar-refractivity contribution in [3.05, 3.63) is 28.8 Å². The van der Waals surface area contributed by atoms with Gasteiger partial charge in [0.05, 0.1) is 11.3 Å². The van der Waals surface area contributed by atoms with E-state index in [1.165, 1.54) is 0 Å². The van der Waals surface area contributed by atoms with Gasteiger partial charge in [-0.2, -0.15) is 0 Å². The number of nitrogens with two attached hydrogens (primary N) is 1. The lowest BCUT2D eigenvalue weighted by molar-refractivity contribution is 0.109. The number of carbonyl (C=O) groups excluding carboxylic acids is 1. The van der Waals surface area contributed by atoms with Gasteiger partial charge in [-0.15, -0.1) is 0 Å². The summed E-state index contributed by atoms with van der Waals surface area (Å²) in [7, 11) is 0. The maximum Gasteiger partial charge on any atom is 0.281 e. The van der Waals surface area contributed by atoms with E-state index in [9.17, 15) is 18.0 Å². The van der Waals surface area contributed by atoms with Crippen LogP contribution >= 0.6 is 0 Å². The normalized spacial score (nSPS) is 10.6. The molecular weight excluding hydrogens is 197 g/mol. The molecule has 2 N–H and O–H groups in total. The molecule has 14 heavy (non-hydrogen) atoms. The summed E-state index contributed by atoms with van der Waals surface area (Å²) in [5.74, 6) is -1.02. The zero-order valence-corrected chi connectivity index (χ0v) is 7.01. The first-order chi connectivity index (χ1) is 6.60. The Balaban J connectivity index is 3.35. The van der Waals surface area contributed by atoms with Gasteiger partial charge in [0.15, 0.2) is 6.29 Å². The molecule has 0 fully saturated rings. The van der Waals surface area contributed by atoms with Crippen LogP contribution in [0.4, 0.5) is 13.2 Å². The van der Waals surface area contributed by atoms with Crippen molar-refractivity contribution in [2.75, 3.05) is 0 Å². The largest absolute Gasteiger partial charge is 0.325 e. The van der Waals surface area contributed by atoms with E-state index in [0.29, 0.717) is 0 Å². The molecule has 0 saturated heterocycles. The van der Waals surface area contributed by atoms with Crippen molar-refractivity contribution in [3.63, 3.8) is 0 Å². The Hall–Kier alpha value is -1.43. The molecule has 0 aromatic carbocycles. The molecule has 0 spiro atoms. The van der Waals surface area contributed by atoms with Crippen molar-refractivity contribution in [1.29, 1.82) is 0 Å². The Kier molecular flexibility index (Phi) is 3.19. The molecular formula is C8H7F3N2O. The molecule has 0 aliphatic heterocycles. The molecule has 0 aliphatic rings. The molecule has 76 valence electrons. The maximum absolute atomic E-state index is 13.0. The van der Waals surface area contributed by atoms with Gasteiger partial charge in [-0.1, -0.05) is 0 Å². The zero-order valence-electron chi connectivity index (χ0n) is 7.01. The van der Waals surface area contributed by atoms with Crippen molar-refractivity contribution in [3.8, 4) is 0 Å². The number of aldehydes is 1. The van der Waals surface area contributed by atoms with Crippen LogP contribution in [0.2, 0.25) is 0 Å².